The second-order valence-electron chi connectivity index (χ2n) is 3.28. The van der Waals surface area contributed by atoms with Crippen LogP contribution in [0.15, 0.2) is 23.8 Å². The Hall–Kier alpha value is -0.560. The molecule has 1 nitrogen and oxygen atoms in total. The Kier molecular flexibility index (Phi) is 2.89. The van der Waals surface area contributed by atoms with Crippen molar-refractivity contribution in [3.63, 3.8) is 0 Å². The molecule has 1 unspecified atom stereocenters. The van der Waals surface area contributed by atoms with Crippen LogP contribution in [0.25, 0.3) is 0 Å². The maximum Gasteiger partial charge on any atom is 0.0644 e. The van der Waals surface area contributed by atoms with E-state index in [0.29, 0.717) is 5.92 Å². The number of allylic oxidation sites excluding steroid dienone is 2. The Bertz CT molecular complexity index is 179. The molecule has 11 heavy (non-hydrogen) atoms. The van der Waals surface area contributed by atoms with Crippen molar-refractivity contribution in [3.8, 4) is 0 Å². The van der Waals surface area contributed by atoms with Crippen LogP contribution in [0.5, 0.6) is 0 Å². The third-order valence-electron chi connectivity index (χ3n) is 2.51. The monoisotopic (exact) mass is 152 g/mol. The van der Waals surface area contributed by atoms with Crippen molar-refractivity contribution in [3.05, 3.63) is 23.8 Å². The molecule has 1 aliphatic carbocycles. The standard InChI is InChI=1S/C10H16O/c1-3-9-4-5-10(7-11)8(2)6-9/h3,9,11H,1,4-7H2,2H3. The van der Waals surface area contributed by atoms with Gasteiger partial charge in [-0.1, -0.05) is 11.6 Å². The van der Waals surface area contributed by atoms with E-state index >= 15 is 0 Å². The van der Waals surface area contributed by atoms with Gasteiger partial charge in [-0.05, 0) is 37.7 Å². The first-order chi connectivity index (χ1) is 5.27. The molecule has 0 radical (unpaired) electrons. The van der Waals surface area contributed by atoms with E-state index in [0.717, 1.165) is 19.3 Å². The minimum Gasteiger partial charge on any atom is -0.392 e. The van der Waals surface area contributed by atoms with Crippen molar-refractivity contribution in [2.75, 3.05) is 6.61 Å². The van der Waals surface area contributed by atoms with Crippen LogP contribution in [-0.2, 0) is 0 Å². The fraction of sp³-hybridized carbons (Fsp3) is 0.600. The zero-order valence-corrected chi connectivity index (χ0v) is 7.14. The predicted molar refractivity (Wildman–Crippen MR) is 47.3 cm³/mol. The van der Waals surface area contributed by atoms with Gasteiger partial charge in [0.1, 0.15) is 0 Å². The van der Waals surface area contributed by atoms with Crippen LogP contribution >= 0.6 is 0 Å². The first-order valence-corrected chi connectivity index (χ1v) is 4.18. The van der Waals surface area contributed by atoms with E-state index in [4.69, 9.17) is 5.11 Å². The van der Waals surface area contributed by atoms with Crippen molar-refractivity contribution in [2.24, 2.45) is 5.92 Å². The van der Waals surface area contributed by atoms with E-state index in [1.165, 1.54) is 11.1 Å². The van der Waals surface area contributed by atoms with Gasteiger partial charge >= 0.3 is 0 Å². The van der Waals surface area contributed by atoms with Gasteiger partial charge < -0.3 is 5.11 Å². The summed E-state index contributed by atoms with van der Waals surface area (Å²) in [5, 5.41) is 8.94. The highest BCUT2D eigenvalue weighted by atomic mass is 16.3. The largest absolute Gasteiger partial charge is 0.392 e. The van der Waals surface area contributed by atoms with Crippen LogP contribution in [0.2, 0.25) is 0 Å². The van der Waals surface area contributed by atoms with Gasteiger partial charge in [-0.15, -0.1) is 6.58 Å². The molecule has 1 heteroatoms. The molecule has 0 aromatic heterocycles. The number of hydrogen-bond donors (Lipinski definition) is 1. The molecule has 0 aromatic carbocycles. The van der Waals surface area contributed by atoms with E-state index in [1.807, 2.05) is 6.08 Å². The minimum absolute atomic E-state index is 0.246. The second-order valence-corrected chi connectivity index (χ2v) is 3.28. The topological polar surface area (TPSA) is 20.2 Å². The Morgan fingerprint density at radius 1 is 1.73 bits per heavy atom. The van der Waals surface area contributed by atoms with E-state index in [-0.39, 0.29) is 6.61 Å². The molecule has 1 rings (SSSR count). The predicted octanol–water partition coefficient (Wildman–Crippen LogP) is 2.28. The Labute approximate surface area is 68.4 Å². The van der Waals surface area contributed by atoms with Gasteiger partial charge in [-0.25, -0.2) is 0 Å². The Morgan fingerprint density at radius 3 is 2.91 bits per heavy atom. The Morgan fingerprint density at radius 2 is 2.45 bits per heavy atom. The van der Waals surface area contributed by atoms with Crippen LogP contribution in [-0.4, -0.2) is 11.7 Å². The summed E-state index contributed by atoms with van der Waals surface area (Å²) in [7, 11) is 0. The van der Waals surface area contributed by atoms with Gasteiger partial charge in [-0.2, -0.15) is 0 Å². The maximum absolute atomic E-state index is 8.94. The lowest BCUT2D eigenvalue weighted by Gasteiger charge is -2.22. The highest BCUT2D eigenvalue weighted by Crippen LogP contribution is 2.29. The average Bonchev–Trinajstić information content (AvgIpc) is 2.04. The summed E-state index contributed by atoms with van der Waals surface area (Å²) in [6.45, 7) is 6.14. The molecule has 0 fully saturated rings. The summed E-state index contributed by atoms with van der Waals surface area (Å²) in [6.07, 6.45) is 5.34. The molecule has 0 heterocycles. The van der Waals surface area contributed by atoms with Gasteiger partial charge in [0.05, 0.1) is 6.61 Å². The van der Waals surface area contributed by atoms with Gasteiger partial charge in [0.25, 0.3) is 0 Å². The average molecular weight is 152 g/mol. The lowest BCUT2D eigenvalue weighted by atomic mass is 9.85. The van der Waals surface area contributed by atoms with Crippen LogP contribution in [0.3, 0.4) is 0 Å². The summed E-state index contributed by atoms with van der Waals surface area (Å²) in [4.78, 5) is 0. The molecule has 1 N–H and O–H groups in total. The highest BCUT2D eigenvalue weighted by molar-refractivity contribution is 5.17. The van der Waals surface area contributed by atoms with Gasteiger partial charge in [0.15, 0.2) is 0 Å². The van der Waals surface area contributed by atoms with Crippen LogP contribution in [0.4, 0.5) is 0 Å². The first kappa shape index (κ1) is 8.54. The fourth-order valence-corrected chi connectivity index (χ4v) is 1.63. The van der Waals surface area contributed by atoms with Crippen molar-refractivity contribution < 1.29 is 5.11 Å². The van der Waals surface area contributed by atoms with Crippen LogP contribution in [0.1, 0.15) is 26.2 Å². The van der Waals surface area contributed by atoms with E-state index < -0.39 is 0 Å². The number of rotatable bonds is 2. The normalized spacial score (nSPS) is 25.5. The molecule has 0 aromatic rings. The molecule has 0 saturated heterocycles. The van der Waals surface area contributed by atoms with E-state index in [9.17, 15) is 0 Å². The SMILES string of the molecule is C=CC1CCC(CO)=C(C)C1. The quantitative estimate of drug-likeness (QED) is 0.602. The first-order valence-electron chi connectivity index (χ1n) is 4.18. The molecule has 0 bridgehead atoms. The summed E-state index contributed by atoms with van der Waals surface area (Å²) >= 11 is 0. The number of hydrogen-bond acceptors (Lipinski definition) is 1. The third kappa shape index (κ3) is 1.93. The van der Waals surface area contributed by atoms with Crippen LogP contribution < -0.4 is 0 Å². The lowest BCUT2D eigenvalue weighted by molar-refractivity contribution is 0.317. The van der Waals surface area contributed by atoms with Crippen molar-refractivity contribution in [2.45, 2.75) is 26.2 Å². The smallest absolute Gasteiger partial charge is 0.0644 e. The molecule has 1 aliphatic rings. The molecule has 0 spiro atoms. The molecule has 1 atom stereocenters. The molecule has 0 saturated carbocycles. The summed E-state index contributed by atoms with van der Waals surface area (Å²) in [5.41, 5.74) is 2.60. The molecule has 0 amide bonds. The van der Waals surface area contributed by atoms with Crippen molar-refractivity contribution >= 4 is 0 Å². The molecular weight excluding hydrogens is 136 g/mol. The number of aliphatic hydroxyl groups is 1. The molecule has 0 aliphatic heterocycles. The fourth-order valence-electron chi connectivity index (χ4n) is 1.63. The summed E-state index contributed by atoms with van der Waals surface area (Å²) < 4.78 is 0. The van der Waals surface area contributed by atoms with Crippen molar-refractivity contribution in [1.29, 1.82) is 0 Å². The number of aliphatic hydroxyl groups excluding tert-OH is 1. The molecule has 62 valence electrons. The molecular formula is C10H16O. The minimum atomic E-state index is 0.246. The zero-order chi connectivity index (χ0) is 8.27. The van der Waals surface area contributed by atoms with Gasteiger partial charge in [0.2, 0.25) is 0 Å². The van der Waals surface area contributed by atoms with E-state index in [1.54, 1.807) is 0 Å². The summed E-state index contributed by atoms with van der Waals surface area (Å²) in [6, 6.07) is 0. The van der Waals surface area contributed by atoms with Gasteiger partial charge in [-0.3, -0.25) is 0 Å². The van der Waals surface area contributed by atoms with E-state index in [2.05, 4.69) is 13.5 Å². The van der Waals surface area contributed by atoms with Gasteiger partial charge in [0, 0.05) is 0 Å². The van der Waals surface area contributed by atoms with Crippen molar-refractivity contribution in [1.82, 2.24) is 0 Å². The summed E-state index contributed by atoms with van der Waals surface area (Å²) in [5.74, 6) is 0.644. The second kappa shape index (κ2) is 3.72. The Balaban J connectivity index is 2.63. The lowest BCUT2D eigenvalue weighted by Crippen LogP contribution is -2.08. The third-order valence-corrected chi connectivity index (χ3v) is 2.51. The zero-order valence-electron chi connectivity index (χ0n) is 7.14. The highest BCUT2D eigenvalue weighted by Gasteiger charge is 2.14. The maximum atomic E-state index is 8.94. The van der Waals surface area contributed by atoms with Crippen LogP contribution in [0, 0.1) is 5.92 Å².